The highest BCUT2D eigenvalue weighted by Gasteiger charge is 2.28. The first-order chi connectivity index (χ1) is 6.77. The zero-order chi connectivity index (χ0) is 9.97. The van der Waals surface area contributed by atoms with Crippen LogP contribution in [0.4, 0.5) is 0 Å². The molecule has 1 aliphatic heterocycles. The average Bonchev–Trinajstić information content (AvgIpc) is 2.77. The minimum absolute atomic E-state index is 0.126. The van der Waals surface area contributed by atoms with Crippen LogP contribution in [0.5, 0.6) is 0 Å². The molecule has 2 atom stereocenters. The minimum atomic E-state index is -0.126. The Morgan fingerprint density at radius 1 is 1.29 bits per heavy atom. The van der Waals surface area contributed by atoms with E-state index in [0.717, 1.165) is 25.6 Å². The molecule has 0 aromatic heterocycles. The molecular formula is C11H22N2O. The van der Waals surface area contributed by atoms with Gasteiger partial charge >= 0.3 is 0 Å². The maximum Gasteiger partial charge on any atom is 0.0717 e. The second-order valence-electron chi connectivity index (χ2n) is 4.79. The maximum absolute atomic E-state index is 9.69. The van der Waals surface area contributed by atoms with Crippen LogP contribution < -0.4 is 5.32 Å². The van der Waals surface area contributed by atoms with Crippen LogP contribution in [-0.2, 0) is 0 Å². The molecule has 2 aliphatic rings. The second kappa shape index (κ2) is 4.60. The Bertz CT molecular complexity index is 180. The van der Waals surface area contributed by atoms with Crippen LogP contribution in [0.1, 0.15) is 32.1 Å². The summed E-state index contributed by atoms with van der Waals surface area (Å²) in [6.45, 7) is 1.98. The Morgan fingerprint density at radius 2 is 2.00 bits per heavy atom. The molecule has 0 aromatic rings. The zero-order valence-corrected chi connectivity index (χ0v) is 9.08. The van der Waals surface area contributed by atoms with Crippen molar-refractivity contribution in [3.05, 3.63) is 0 Å². The number of hydrogen-bond acceptors (Lipinski definition) is 3. The monoisotopic (exact) mass is 198 g/mol. The summed E-state index contributed by atoms with van der Waals surface area (Å²) in [5, 5.41) is 13.1. The first-order valence-corrected chi connectivity index (χ1v) is 5.89. The van der Waals surface area contributed by atoms with Crippen LogP contribution in [0.2, 0.25) is 0 Å². The van der Waals surface area contributed by atoms with Crippen molar-refractivity contribution in [2.24, 2.45) is 0 Å². The van der Waals surface area contributed by atoms with Gasteiger partial charge in [0.2, 0.25) is 0 Å². The van der Waals surface area contributed by atoms with Crippen LogP contribution in [0, 0.1) is 0 Å². The summed E-state index contributed by atoms with van der Waals surface area (Å²) in [6, 6.07) is 1.07. The van der Waals surface area contributed by atoms with E-state index in [0.29, 0.717) is 6.04 Å². The quantitative estimate of drug-likeness (QED) is 0.696. The van der Waals surface area contributed by atoms with Gasteiger partial charge < -0.3 is 15.3 Å². The Labute approximate surface area is 86.5 Å². The molecule has 2 fully saturated rings. The molecule has 3 nitrogen and oxygen atoms in total. The van der Waals surface area contributed by atoms with Crippen LogP contribution in [0.3, 0.4) is 0 Å². The third-order valence-corrected chi connectivity index (χ3v) is 3.74. The highest BCUT2D eigenvalue weighted by molar-refractivity contribution is 4.87. The van der Waals surface area contributed by atoms with Crippen LogP contribution >= 0.6 is 0 Å². The predicted octanol–water partition coefficient (Wildman–Crippen LogP) is 0.584. The molecule has 14 heavy (non-hydrogen) atoms. The number of nitrogens with one attached hydrogen (secondary N) is 1. The third kappa shape index (κ3) is 2.27. The van der Waals surface area contributed by atoms with E-state index >= 15 is 0 Å². The van der Waals surface area contributed by atoms with E-state index in [9.17, 15) is 5.11 Å². The average molecular weight is 198 g/mol. The molecule has 1 saturated heterocycles. The predicted molar refractivity (Wildman–Crippen MR) is 57.3 cm³/mol. The Balaban J connectivity index is 1.78. The van der Waals surface area contributed by atoms with E-state index in [1.54, 1.807) is 0 Å². The number of rotatable bonds is 3. The first-order valence-electron chi connectivity index (χ1n) is 5.89. The number of aliphatic hydroxyl groups excluding tert-OH is 1. The van der Waals surface area contributed by atoms with Crippen molar-refractivity contribution >= 4 is 0 Å². The molecule has 0 amide bonds. The maximum atomic E-state index is 9.69. The molecule has 0 radical (unpaired) electrons. The molecule has 1 heterocycles. The van der Waals surface area contributed by atoms with Crippen molar-refractivity contribution in [1.82, 2.24) is 10.2 Å². The normalized spacial score (nSPS) is 34.5. The van der Waals surface area contributed by atoms with E-state index in [1.165, 1.54) is 25.7 Å². The Kier molecular flexibility index (Phi) is 3.42. The fourth-order valence-electron chi connectivity index (χ4n) is 2.74. The topological polar surface area (TPSA) is 35.5 Å². The molecular weight excluding hydrogens is 176 g/mol. The summed E-state index contributed by atoms with van der Waals surface area (Å²) in [5.41, 5.74) is 0. The Hall–Kier alpha value is -0.120. The minimum Gasteiger partial charge on any atom is -0.391 e. The van der Waals surface area contributed by atoms with E-state index < -0.39 is 0 Å². The highest BCUT2D eigenvalue weighted by atomic mass is 16.3. The number of hydrogen-bond donors (Lipinski definition) is 2. The van der Waals surface area contributed by atoms with Crippen LogP contribution in [-0.4, -0.2) is 48.3 Å². The largest absolute Gasteiger partial charge is 0.391 e. The van der Waals surface area contributed by atoms with Crippen molar-refractivity contribution in [3.63, 3.8) is 0 Å². The van der Waals surface area contributed by atoms with Gasteiger partial charge in [-0.2, -0.15) is 0 Å². The van der Waals surface area contributed by atoms with Gasteiger partial charge in [-0.1, -0.05) is 12.8 Å². The summed E-state index contributed by atoms with van der Waals surface area (Å²) in [6.07, 6.45) is 6.26. The van der Waals surface area contributed by atoms with Gasteiger partial charge in [0.15, 0.2) is 0 Å². The lowest BCUT2D eigenvalue weighted by atomic mass is 10.1. The first kappa shape index (κ1) is 10.4. The van der Waals surface area contributed by atoms with Crippen LogP contribution in [0.15, 0.2) is 0 Å². The van der Waals surface area contributed by atoms with Crippen molar-refractivity contribution in [3.8, 4) is 0 Å². The van der Waals surface area contributed by atoms with Gasteiger partial charge in [-0.15, -0.1) is 0 Å². The fourth-order valence-corrected chi connectivity index (χ4v) is 2.74. The van der Waals surface area contributed by atoms with Gasteiger partial charge in [-0.05, 0) is 32.9 Å². The molecule has 1 aliphatic carbocycles. The number of aliphatic hydroxyl groups is 1. The SMILES string of the molecule is CN(CC1NCCC1O)C1CCCC1. The molecule has 0 aromatic carbocycles. The van der Waals surface area contributed by atoms with Crippen molar-refractivity contribution < 1.29 is 5.11 Å². The zero-order valence-electron chi connectivity index (χ0n) is 9.08. The van der Waals surface area contributed by atoms with Gasteiger partial charge in [0, 0.05) is 18.6 Å². The van der Waals surface area contributed by atoms with Gasteiger partial charge in [0.25, 0.3) is 0 Å². The molecule has 82 valence electrons. The molecule has 3 heteroatoms. The van der Waals surface area contributed by atoms with Gasteiger partial charge in [-0.3, -0.25) is 0 Å². The molecule has 0 spiro atoms. The Morgan fingerprint density at radius 3 is 2.57 bits per heavy atom. The van der Waals surface area contributed by atoms with Crippen molar-refractivity contribution in [2.45, 2.75) is 50.3 Å². The summed E-state index contributed by atoms with van der Waals surface area (Å²) in [5.74, 6) is 0. The standard InChI is InChI=1S/C11H22N2O/c1-13(9-4-2-3-5-9)8-10-11(14)6-7-12-10/h9-12,14H,2-8H2,1H3. The summed E-state index contributed by atoms with van der Waals surface area (Å²) >= 11 is 0. The van der Waals surface area contributed by atoms with E-state index in [1.807, 2.05) is 0 Å². The second-order valence-corrected chi connectivity index (χ2v) is 4.79. The molecule has 0 bridgehead atoms. The smallest absolute Gasteiger partial charge is 0.0717 e. The van der Waals surface area contributed by atoms with Crippen LogP contribution in [0.25, 0.3) is 0 Å². The molecule has 2 N–H and O–H groups in total. The van der Waals surface area contributed by atoms with E-state index in [2.05, 4.69) is 17.3 Å². The highest BCUT2D eigenvalue weighted by Crippen LogP contribution is 2.23. The summed E-state index contributed by atoms with van der Waals surface area (Å²) < 4.78 is 0. The van der Waals surface area contributed by atoms with Gasteiger partial charge in [-0.25, -0.2) is 0 Å². The lowest BCUT2D eigenvalue weighted by Crippen LogP contribution is -2.44. The summed E-state index contributed by atoms with van der Waals surface area (Å²) in [4.78, 5) is 2.43. The summed E-state index contributed by atoms with van der Waals surface area (Å²) in [7, 11) is 2.20. The van der Waals surface area contributed by atoms with E-state index in [-0.39, 0.29) is 6.10 Å². The van der Waals surface area contributed by atoms with Crippen molar-refractivity contribution in [1.29, 1.82) is 0 Å². The van der Waals surface area contributed by atoms with Crippen molar-refractivity contribution in [2.75, 3.05) is 20.1 Å². The fraction of sp³-hybridized carbons (Fsp3) is 1.00. The number of likely N-dealkylation sites (N-methyl/N-ethyl adjacent to an activating group) is 1. The molecule has 1 saturated carbocycles. The van der Waals surface area contributed by atoms with Gasteiger partial charge in [0.05, 0.1) is 6.10 Å². The number of nitrogens with zero attached hydrogens (tertiary/aromatic N) is 1. The molecule has 2 rings (SSSR count). The lowest BCUT2D eigenvalue weighted by molar-refractivity contribution is 0.125. The van der Waals surface area contributed by atoms with Gasteiger partial charge in [0.1, 0.15) is 0 Å². The van der Waals surface area contributed by atoms with E-state index in [4.69, 9.17) is 0 Å². The third-order valence-electron chi connectivity index (χ3n) is 3.74. The molecule has 2 unspecified atom stereocenters. The lowest BCUT2D eigenvalue weighted by Gasteiger charge is -2.28.